The maximum absolute atomic E-state index is 5.49. The quantitative estimate of drug-likeness (QED) is 0.319. The van der Waals surface area contributed by atoms with E-state index in [4.69, 9.17) is 5.84 Å². The van der Waals surface area contributed by atoms with Gasteiger partial charge in [0, 0.05) is 19.3 Å². The zero-order chi connectivity index (χ0) is 12.8. The second-order valence-electron chi connectivity index (χ2n) is 4.77. The fourth-order valence-corrected chi connectivity index (χ4v) is 2.28. The van der Waals surface area contributed by atoms with Crippen molar-refractivity contribution in [3.8, 4) is 0 Å². The van der Waals surface area contributed by atoms with Crippen LogP contribution in [0.25, 0.3) is 0 Å². The number of aryl methyl sites for hydroxylation is 1. The van der Waals surface area contributed by atoms with E-state index in [9.17, 15) is 0 Å². The molecule has 0 aromatic carbocycles. The Balaban J connectivity index is 1.86. The molecule has 0 bridgehead atoms. The van der Waals surface area contributed by atoms with E-state index < -0.39 is 0 Å². The van der Waals surface area contributed by atoms with Gasteiger partial charge < -0.3 is 5.32 Å². The van der Waals surface area contributed by atoms with Crippen LogP contribution in [0.2, 0.25) is 0 Å². The monoisotopic (exact) mass is 250 g/mol. The summed E-state index contributed by atoms with van der Waals surface area (Å²) in [6.07, 6.45) is 8.23. The summed E-state index contributed by atoms with van der Waals surface area (Å²) in [6, 6.07) is 2.45. The molecule has 2 rings (SSSR count). The van der Waals surface area contributed by atoms with Crippen LogP contribution in [0.3, 0.4) is 0 Å². The van der Waals surface area contributed by atoms with Crippen LogP contribution in [-0.2, 0) is 13.6 Å². The zero-order valence-corrected chi connectivity index (χ0v) is 10.9. The highest BCUT2D eigenvalue weighted by Gasteiger charge is 2.14. The van der Waals surface area contributed by atoms with E-state index in [0.29, 0.717) is 18.5 Å². The number of hydrogen-bond donors (Lipinski definition) is 3. The lowest BCUT2D eigenvalue weighted by molar-refractivity contribution is 0.410. The Labute approximate surface area is 108 Å². The number of nitrogens with two attached hydrogens (primary N) is 1. The molecule has 6 nitrogen and oxygen atoms in total. The van der Waals surface area contributed by atoms with E-state index in [-0.39, 0.29) is 0 Å². The van der Waals surface area contributed by atoms with E-state index >= 15 is 0 Å². The van der Waals surface area contributed by atoms with Gasteiger partial charge >= 0.3 is 0 Å². The van der Waals surface area contributed by atoms with Crippen molar-refractivity contribution in [3.63, 3.8) is 0 Å². The number of nitrogens with zero attached hydrogens (tertiary/aromatic N) is 3. The molecule has 0 unspecified atom stereocenters. The number of aliphatic imine (C=N–C) groups is 1. The van der Waals surface area contributed by atoms with Crippen molar-refractivity contribution in [1.29, 1.82) is 0 Å². The normalized spacial score (nSPS) is 17.8. The second-order valence-corrected chi connectivity index (χ2v) is 4.77. The summed E-state index contributed by atoms with van der Waals surface area (Å²) in [5.74, 6) is 6.15. The molecule has 1 aromatic rings. The van der Waals surface area contributed by atoms with E-state index in [1.165, 1.54) is 32.1 Å². The third-order valence-corrected chi connectivity index (χ3v) is 3.25. The molecule has 1 fully saturated rings. The fraction of sp³-hybridized carbons (Fsp3) is 0.667. The van der Waals surface area contributed by atoms with Crippen molar-refractivity contribution in [3.05, 3.63) is 18.0 Å². The first-order valence-corrected chi connectivity index (χ1v) is 6.54. The highest BCUT2D eigenvalue weighted by molar-refractivity contribution is 5.79. The Morgan fingerprint density at radius 1 is 1.50 bits per heavy atom. The van der Waals surface area contributed by atoms with Gasteiger partial charge in [-0.1, -0.05) is 19.3 Å². The van der Waals surface area contributed by atoms with E-state index in [1.54, 1.807) is 4.68 Å². The molecule has 0 spiro atoms. The van der Waals surface area contributed by atoms with Crippen LogP contribution in [0, 0.1) is 0 Å². The minimum atomic E-state index is 0.497. The van der Waals surface area contributed by atoms with E-state index in [0.717, 1.165) is 5.69 Å². The van der Waals surface area contributed by atoms with Gasteiger partial charge in [0.05, 0.1) is 12.2 Å². The van der Waals surface area contributed by atoms with Gasteiger partial charge in [0.25, 0.3) is 0 Å². The van der Waals surface area contributed by atoms with Crippen molar-refractivity contribution in [1.82, 2.24) is 20.5 Å². The third-order valence-electron chi connectivity index (χ3n) is 3.25. The molecule has 1 saturated carbocycles. The van der Waals surface area contributed by atoms with Crippen LogP contribution in [-0.4, -0.2) is 21.8 Å². The molecule has 1 aliphatic carbocycles. The molecule has 1 aliphatic rings. The Kier molecular flexibility index (Phi) is 4.58. The molecule has 1 heterocycles. The zero-order valence-electron chi connectivity index (χ0n) is 10.9. The summed E-state index contributed by atoms with van der Waals surface area (Å²) < 4.78 is 1.77. The summed E-state index contributed by atoms with van der Waals surface area (Å²) in [5.41, 5.74) is 3.57. The molecular weight excluding hydrogens is 228 g/mol. The summed E-state index contributed by atoms with van der Waals surface area (Å²) in [7, 11) is 1.90. The van der Waals surface area contributed by atoms with Gasteiger partial charge in [-0.25, -0.2) is 10.8 Å². The molecule has 18 heavy (non-hydrogen) atoms. The number of aromatic nitrogens is 2. The first kappa shape index (κ1) is 12.9. The second kappa shape index (κ2) is 6.39. The summed E-state index contributed by atoms with van der Waals surface area (Å²) in [5, 5.41) is 7.64. The molecule has 0 amide bonds. The summed E-state index contributed by atoms with van der Waals surface area (Å²) >= 11 is 0. The summed E-state index contributed by atoms with van der Waals surface area (Å²) in [4.78, 5) is 4.41. The predicted octanol–water partition coefficient (Wildman–Crippen LogP) is 0.662. The van der Waals surface area contributed by atoms with E-state index in [2.05, 4.69) is 20.8 Å². The molecule has 0 saturated heterocycles. The van der Waals surface area contributed by atoms with Gasteiger partial charge in [-0.2, -0.15) is 5.10 Å². The molecule has 0 radical (unpaired) electrons. The highest BCUT2D eigenvalue weighted by atomic mass is 15.3. The molecule has 0 aliphatic heterocycles. The van der Waals surface area contributed by atoms with Crippen molar-refractivity contribution in [2.75, 3.05) is 0 Å². The molecule has 0 atom stereocenters. The average Bonchev–Trinajstić information content (AvgIpc) is 2.81. The Bertz CT molecular complexity index is 391. The van der Waals surface area contributed by atoms with Crippen molar-refractivity contribution in [2.24, 2.45) is 17.9 Å². The first-order valence-electron chi connectivity index (χ1n) is 6.54. The average molecular weight is 250 g/mol. The highest BCUT2D eigenvalue weighted by Crippen LogP contribution is 2.17. The van der Waals surface area contributed by atoms with Crippen LogP contribution in [0.15, 0.2) is 17.3 Å². The smallest absolute Gasteiger partial charge is 0.206 e. The lowest BCUT2D eigenvalue weighted by Crippen LogP contribution is -2.47. The van der Waals surface area contributed by atoms with Crippen LogP contribution < -0.4 is 16.6 Å². The number of hydrogen-bond acceptors (Lipinski definition) is 3. The number of nitrogens with one attached hydrogen (secondary N) is 2. The molecular formula is C12H22N6. The third kappa shape index (κ3) is 3.73. The van der Waals surface area contributed by atoms with Gasteiger partial charge in [0.1, 0.15) is 0 Å². The van der Waals surface area contributed by atoms with Crippen LogP contribution in [0.5, 0.6) is 0 Å². The number of hydrazine groups is 1. The molecule has 1 aromatic heterocycles. The Hall–Kier alpha value is -1.56. The van der Waals surface area contributed by atoms with Crippen LogP contribution in [0.4, 0.5) is 0 Å². The fourth-order valence-electron chi connectivity index (χ4n) is 2.28. The van der Waals surface area contributed by atoms with Gasteiger partial charge in [-0.3, -0.25) is 10.1 Å². The Morgan fingerprint density at radius 3 is 2.89 bits per heavy atom. The molecule has 4 N–H and O–H groups in total. The largest absolute Gasteiger partial charge is 0.353 e. The van der Waals surface area contributed by atoms with Gasteiger partial charge in [-0.15, -0.1) is 0 Å². The number of rotatable bonds is 3. The minimum Gasteiger partial charge on any atom is -0.353 e. The maximum Gasteiger partial charge on any atom is 0.206 e. The van der Waals surface area contributed by atoms with Crippen molar-refractivity contribution >= 4 is 5.96 Å². The summed E-state index contributed by atoms with van der Waals surface area (Å²) in [6.45, 7) is 0.542. The number of guanidine groups is 1. The molecule has 100 valence electrons. The maximum atomic E-state index is 5.49. The van der Waals surface area contributed by atoms with Crippen LogP contribution >= 0.6 is 0 Å². The minimum absolute atomic E-state index is 0.497. The lowest BCUT2D eigenvalue weighted by Gasteiger charge is -2.24. The van der Waals surface area contributed by atoms with Crippen molar-refractivity contribution < 1.29 is 0 Å². The van der Waals surface area contributed by atoms with Gasteiger partial charge in [-0.05, 0) is 18.9 Å². The van der Waals surface area contributed by atoms with Gasteiger partial charge in [0.15, 0.2) is 0 Å². The topological polar surface area (TPSA) is 80.3 Å². The Morgan fingerprint density at radius 2 is 2.28 bits per heavy atom. The lowest BCUT2D eigenvalue weighted by atomic mass is 9.96. The van der Waals surface area contributed by atoms with Gasteiger partial charge in [0.2, 0.25) is 5.96 Å². The van der Waals surface area contributed by atoms with Crippen LogP contribution in [0.1, 0.15) is 37.8 Å². The van der Waals surface area contributed by atoms with E-state index in [1.807, 2.05) is 19.3 Å². The first-order chi connectivity index (χ1) is 8.78. The standard InChI is InChI=1S/C12H22N6/c1-18-8-7-11(17-18)9-14-12(16-13)15-10-5-3-2-4-6-10/h7-8,10H,2-6,9,13H2,1H3,(H2,14,15,16). The van der Waals surface area contributed by atoms with Crippen molar-refractivity contribution in [2.45, 2.75) is 44.7 Å². The molecule has 6 heteroatoms. The predicted molar refractivity (Wildman–Crippen MR) is 71.7 cm³/mol. The SMILES string of the molecule is Cn1ccc(CN=C(NN)NC2CCCCC2)n1.